The predicted molar refractivity (Wildman–Crippen MR) is 89.9 cm³/mol. The number of fused-ring (bicyclic) bond motifs is 1. The number of aromatic nitrogens is 1. The number of thiophene rings is 1. The Kier molecular flexibility index (Phi) is 3.97. The zero-order valence-electron chi connectivity index (χ0n) is 13.5. The number of hydrogen-bond acceptors (Lipinski definition) is 4. The highest BCUT2D eigenvalue weighted by Crippen LogP contribution is 2.34. The number of hydrogen-bond donors (Lipinski definition) is 0. The van der Waals surface area contributed by atoms with E-state index in [1.165, 1.54) is 16.9 Å². The second kappa shape index (κ2) is 6.11. The number of rotatable bonds is 2. The SMILES string of the molecule is CC1CCc2sc(C(=O)N3CCCC(c4ccno4)C3)cc2C1. The molecule has 2 aromatic heterocycles. The van der Waals surface area contributed by atoms with Crippen LogP contribution in [0.2, 0.25) is 0 Å². The molecule has 2 atom stereocenters. The summed E-state index contributed by atoms with van der Waals surface area (Å²) in [4.78, 5) is 17.2. The van der Waals surface area contributed by atoms with Gasteiger partial charge in [0.05, 0.1) is 11.1 Å². The van der Waals surface area contributed by atoms with Crippen molar-refractivity contribution in [3.63, 3.8) is 0 Å². The van der Waals surface area contributed by atoms with Gasteiger partial charge in [0.2, 0.25) is 0 Å². The summed E-state index contributed by atoms with van der Waals surface area (Å²) < 4.78 is 5.30. The van der Waals surface area contributed by atoms with Crippen molar-refractivity contribution in [1.82, 2.24) is 10.1 Å². The Morgan fingerprint density at radius 1 is 1.43 bits per heavy atom. The third-order valence-electron chi connectivity index (χ3n) is 5.11. The van der Waals surface area contributed by atoms with Crippen LogP contribution in [0.25, 0.3) is 0 Å². The summed E-state index contributed by atoms with van der Waals surface area (Å²) in [7, 11) is 0. The summed E-state index contributed by atoms with van der Waals surface area (Å²) in [5.41, 5.74) is 1.40. The summed E-state index contributed by atoms with van der Waals surface area (Å²) in [6.07, 6.45) is 7.29. The molecular formula is C18H22N2O2S. The lowest BCUT2D eigenvalue weighted by Crippen LogP contribution is -2.38. The quantitative estimate of drug-likeness (QED) is 0.839. The van der Waals surface area contributed by atoms with Crippen LogP contribution in [0.3, 0.4) is 0 Å². The topological polar surface area (TPSA) is 46.3 Å². The molecule has 1 aliphatic carbocycles. The maximum Gasteiger partial charge on any atom is 0.263 e. The van der Waals surface area contributed by atoms with Crippen molar-refractivity contribution in [3.8, 4) is 0 Å². The molecule has 1 fully saturated rings. The van der Waals surface area contributed by atoms with Gasteiger partial charge in [-0.25, -0.2) is 0 Å². The molecule has 23 heavy (non-hydrogen) atoms. The van der Waals surface area contributed by atoms with Gasteiger partial charge >= 0.3 is 0 Å². The Labute approximate surface area is 140 Å². The number of carbonyl (C=O) groups is 1. The lowest BCUT2D eigenvalue weighted by molar-refractivity contribution is 0.0702. The first-order valence-corrected chi connectivity index (χ1v) is 9.34. The molecule has 2 aromatic rings. The van der Waals surface area contributed by atoms with Gasteiger partial charge < -0.3 is 9.42 Å². The number of likely N-dealkylation sites (tertiary alicyclic amines) is 1. The van der Waals surface area contributed by atoms with Crippen LogP contribution >= 0.6 is 11.3 Å². The molecule has 2 aliphatic rings. The summed E-state index contributed by atoms with van der Waals surface area (Å²) in [6.45, 7) is 3.89. The molecule has 0 bridgehead atoms. The molecule has 5 heteroatoms. The van der Waals surface area contributed by atoms with Gasteiger partial charge in [0.15, 0.2) is 0 Å². The molecule has 0 spiro atoms. The maximum absolute atomic E-state index is 12.9. The van der Waals surface area contributed by atoms with E-state index in [0.29, 0.717) is 0 Å². The Bertz CT molecular complexity index is 692. The van der Waals surface area contributed by atoms with Crippen LogP contribution in [0, 0.1) is 5.92 Å². The third kappa shape index (κ3) is 2.94. The molecule has 1 aliphatic heterocycles. The van der Waals surface area contributed by atoms with E-state index in [-0.39, 0.29) is 11.8 Å². The second-order valence-corrected chi connectivity index (χ2v) is 8.05. The molecule has 4 rings (SSSR count). The highest BCUT2D eigenvalue weighted by Gasteiger charge is 2.29. The van der Waals surface area contributed by atoms with Crippen LogP contribution in [0.4, 0.5) is 0 Å². The third-order valence-corrected chi connectivity index (χ3v) is 6.33. The van der Waals surface area contributed by atoms with Crippen LogP contribution in [-0.4, -0.2) is 29.1 Å². The van der Waals surface area contributed by atoms with Gasteiger partial charge in [-0.05, 0) is 49.7 Å². The van der Waals surface area contributed by atoms with Crippen molar-refractivity contribution < 1.29 is 9.32 Å². The first kappa shape index (κ1) is 14.9. The van der Waals surface area contributed by atoms with Crippen molar-refractivity contribution in [2.45, 2.75) is 44.9 Å². The molecule has 2 unspecified atom stereocenters. The van der Waals surface area contributed by atoms with Gasteiger partial charge in [0.25, 0.3) is 5.91 Å². The molecule has 0 aromatic carbocycles. The average molecular weight is 330 g/mol. The number of nitrogens with zero attached hydrogens (tertiary/aromatic N) is 2. The van der Waals surface area contributed by atoms with E-state index in [4.69, 9.17) is 4.52 Å². The van der Waals surface area contributed by atoms with Crippen molar-refractivity contribution in [2.75, 3.05) is 13.1 Å². The summed E-state index contributed by atoms with van der Waals surface area (Å²) in [6, 6.07) is 4.07. The minimum absolute atomic E-state index is 0.196. The minimum atomic E-state index is 0.196. The zero-order valence-corrected chi connectivity index (χ0v) is 14.3. The lowest BCUT2D eigenvalue weighted by atomic mass is 9.90. The van der Waals surface area contributed by atoms with E-state index in [1.807, 2.05) is 11.0 Å². The van der Waals surface area contributed by atoms with Crippen molar-refractivity contribution in [3.05, 3.63) is 39.4 Å². The number of carbonyl (C=O) groups excluding carboxylic acids is 1. The molecule has 1 amide bonds. The monoisotopic (exact) mass is 330 g/mol. The van der Waals surface area contributed by atoms with Crippen LogP contribution in [-0.2, 0) is 12.8 Å². The molecule has 0 radical (unpaired) electrons. The van der Waals surface area contributed by atoms with Gasteiger partial charge in [0, 0.05) is 30.0 Å². The van der Waals surface area contributed by atoms with E-state index in [2.05, 4.69) is 18.1 Å². The van der Waals surface area contributed by atoms with Crippen LogP contribution in [0.5, 0.6) is 0 Å². The Hall–Kier alpha value is -1.62. The minimum Gasteiger partial charge on any atom is -0.361 e. The smallest absolute Gasteiger partial charge is 0.263 e. The van der Waals surface area contributed by atoms with E-state index in [0.717, 1.165) is 55.3 Å². The first-order valence-electron chi connectivity index (χ1n) is 8.52. The highest BCUT2D eigenvalue weighted by atomic mass is 32.1. The van der Waals surface area contributed by atoms with Gasteiger partial charge in [-0.2, -0.15) is 0 Å². The van der Waals surface area contributed by atoms with E-state index < -0.39 is 0 Å². The van der Waals surface area contributed by atoms with Crippen molar-refractivity contribution in [1.29, 1.82) is 0 Å². The maximum atomic E-state index is 12.9. The van der Waals surface area contributed by atoms with Crippen molar-refractivity contribution in [2.24, 2.45) is 5.92 Å². The lowest BCUT2D eigenvalue weighted by Gasteiger charge is -2.31. The zero-order chi connectivity index (χ0) is 15.8. The van der Waals surface area contributed by atoms with E-state index in [9.17, 15) is 4.79 Å². The summed E-state index contributed by atoms with van der Waals surface area (Å²) >= 11 is 1.71. The summed E-state index contributed by atoms with van der Waals surface area (Å²) in [5, 5.41) is 3.80. The fourth-order valence-corrected chi connectivity index (χ4v) is 4.97. The van der Waals surface area contributed by atoms with Gasteiger partial charge in [0.1, 0.15) is 5.76 Å². The highest BCUT2D eigenvalue weighted by molar-refractivity contribution is 7.14. The Balaban J connectivity index is 1.50. The van der Waals surface area contributed by atoms with Gasteiger partial charge in [-0.15, -0.1) is 11.3 Å². The Morgan fingerprint density at radius 2 is 2.35 bits per heavy atom. The van der Waals surface area contributed by atoms with Crippen molar-refractivity contribution >= 4 is 17.2 Å². The van der Waals surface area contributed by atoms with E-state index in [1.54, 1.807) is 17.5 Å². The van der Waals surface area contributed by atoms with Crippen LogP contribution in [0.1, 0.15) is 58.0 Å². The molecule has 0 saturated carbocycles. The first-order chi connectivity index (χ1) is 11.2. The van der Waals surface area contributed by atoms with Gasteiger partial charge in [-0.3, -0.25) is 4.79 Å². The fraction of sp³-hybridized carbons (Fsp3) is 0.556. The number of aryl methyl sites for hydroxylation is 1. The predicted octanol–water partition coefficient (Wildman–Crippen LogP) is 3.88. The van der Waals surface area contributed by atoms with Crippen LogP contribution in [0.15, 0.2) is 22.9 Å². The normalized spacial score (nSPS) is 24.5. The summed E-state index contributed by atoms with van der Waals surface area (Å²) in [5.74, 6) is 2.12. The Morgan fingerprint density at radius 3 is 3.17 bits per heavy atom. The number of piperidine rings is 1. The second-order valence-electron chi connectivity index (χ2n) is 6.91. The molecule has 122 valence electrons. The molecular weight excluding hydrogens is 308 g/mol. The standard InChI is InChI=1S/C18H22N2O2S/c1-12-4-5-16-14(9-12)10-17(23-16)18(21)20-8-2-3-13(11-20)15-6-7-19-22-15/h6-7,10,12-13H,2-5,8-9,11H2,1H3. The van der Waals surface area contributed by atoms with E-state index >= 15 is 0 Å². The van der Waals surface area contributed by atoms with Gasteiger partial charge in [-0.1, -0.05) is 12.1 Å². The van der Waals surface area contributed by atoms with Crippen LogP contribution < -0.4 is 0 Å². The molecule has 0 N–H and O–H groups in total. The number of amides is 1. The molecule has 4 nitrogen and oxygen atoms in total. The molecule has 1 saturated heterocycles. The largest absolute Gasteiger partial charge is 0.361 e. The molecule has 3 heterocycles. The average Bonchev–Trinajstić information content (AvgIpc) is 3.23. The fourth-order valence-electron chi connectivity index (χ4n) is 3.80.